The molecule has 0 aliphatic carbocycles. The molecule has 0 radical (unpaired) electrons. The third-order valence-electron chi connectivity index (χ3n) is 2.65. The first-order valence-electron chi connectivity index (χ1n) is 5.39. The van der Waals surface area contributed by atoms with Crippen LogP contribution in [0.4, 0.5) is 22.0 Å². The minimum atomic E-state index is -5.65. The van der Waals surface area contributed by atoms with Gasteiger partial charge < -0.3 is 0 Å². The van der Waals surface area contributed by atoms with Crippen LogP contribution in [0.25, 0.3) is 10.9 Å². The van der Waals surface area contributed by atoms with Crippen molar-refractivity contribution in [2.24, 2.45) is 0 Å². The van der Waals surface area contributed by atoms with Crippen LogP contribution in [0.3, 0.4) is 0 Å². The second-order valence-corrected chi connectivity index (χ2v) is 4.19. The van der Waals surface area contributed by atoms with Crippen LogP contribution in [-0.4, -0.2) is 32.6 Å². The average Bonchev–Trinajstić information content (AvgIpc) is 2.69. The SMILES string of the molecule is CC(=O)c1cc2cnn(CC(F)(F)C(F)(F)F)c2cn1. The molecular formula is C11H8F5N3O. The summed E-state index contributed by atoms with van der Waals surface area (Å²) in [5.74, 6) is -5.24. The highest BCUT2D eigenvalue weighted by atomic mass is 19.4. The third-order valence-corrected chi connectivity index (χ3v) is 2.65. The van der Waals surface area contributed by atoms with Gasteiger partial charge in [0.2, 0.25) is 0 Å². The van der Waals surface area contributed by atoms with E-state index in [1.807, 2.05) is 0 Å². The van der Waals surface area contributed by atoms with Gasteiger partial charge >= 0.3 is 12.1 Å². The van der Waals surface area contributed by atoms with Crippen molar-refractivity contribution in [3.63, 3.8) is 0 Å². The van der Waals surface area contributed by atoms with E-state index in [9.17, 15) is 26.7 Å². The number of alkyl halides is 5. The molecule has 0 unspecified atom stereocenters. The van der Waals surface area contributed by atoms with Crippen molar-refractivity contribution < 1.29 is 26.7 Å². The van der Waals surface area contributed by atoms with Gasteiger partial charge in [-0.3, -0.25) is 14.5 Å². The van der Waals surface area contributed by atoms with Crippen molar-refractivity contribution in [1.29, 1.82) is 0 Å². The molecule has 0 aliphatic heterocycles. The smallest absolute Gasteiger partial charge is 0.293 e. The van der Waals surface area contributed by atoms with Crippen molar-refractivity contribution in [2.45, 2.75) is 25.6 Å². The zero-order chi connectivity index (χ0) is 15.1. The van der Waals surface area contributed by atoms with E-state index < -0.39 is 18.6 Å². The molecular weight excluding hydrogens is 285 g/mol. The van der Waals surface area contributed by atoms with Crippen LogP contribution in [0.15, 0.2) is 18.5 Å². The molecule has 0 N–H and O–H groups in total. The number of ketones is 1. The minimum Gasteiger partial charge on any atom is -0.293 e. The van der Waals surface area contributed by atoms with Gasteiger partial charge in [-0.1, -0.05) is 0 Å². The summed E-state index contributed by atoms with van der Waals surface area (Å²) in [7, 11) is 0. The van der Waals surface area contributed by atoms with E-state index in [0.29, 0.717) is 4.68 Å². The van der Waals surface area contributed by atoms with E-state index >= 15 is 0 Å². The van der Waals surface area contributed by atoms with Crippen LogP contribution >= 0.6 is 0 Å². The first kappa shape index (κ1) is 14.4. The zero-order valence-electron chi connectivity index (χ0n) is 10.1. The second kappa shape index (κ2) is 4.50. The lowest BCUT2D eigenvalue weighted by Crippen LogP contribution is -2.40. The number of aromatic nitrogens is 3. The molecule has 2 heterocycles. The number of pyridine rings is 1. The maximum Gasteiger partial charge on any atom is 0.455 e. The Balaban J connectivity index is 2.40. The monoisotopic (exact) mass is 293 g/mol. The van der Waals surface area contributed by atoms with E-state index in [0.717, 1.165) is 12.4 Å². The van der Waals surface area contributed by atoms with Gasteiger partial charge in [0.05, 0.1) is 17.9 Å². The van der Waals surface area contributed by atoms with E-state index in [2.05, 4.69) is 10.1 Å². The van der Waals surface area contributed by atoms with Gasteiger partial charge in [-0.05, 0) is 6.07 Å². The number of hydrogen-bond donors (Lipinski definition) is 0. The van der Waals surface area contributed by atoms with Crippen molar-refractivity contribution in [2.75, 3.05) is 0 Å². The largest absolute Gasteiger partial charge is 0.455 e. The summed E-state index contributed by atoms with van der Waals surface area (Å²) in [4.78, 5) is 14.8. The number of fused-ring (bicyclic) bond motifs is 1. The van der Waals surface area contributed by atoms with E-state index in [4.69, 9.17) is 0 Å². The summed E-state index contributed by atoms with van der Waals surface area (Å²) in [6.07, 6.45) is -3.50. The number of nitrogens with zero attached hydrogens (tertiary/aromatic N) is 3. The van der Waals surface area contributed by atoms with Crippen LogP contribution < -0.4 is 0 Å². The number of Topliss-reactive ketones (excluding diaryl/α,β-unsaturated/α-hetero) is 1. The van der Waals surface area contributed by atoms with Gasteiger partial charge in [0.25, 0.3) is 0 Å². The molecule has 0 bridgehead atoms. The Morgan fingerprint density at radius 2 is 1.90 bits per heavy atom. The lowest BCUT2D eigenvalue weighted by Gasteiger charge is -2.19. The molecule has 0 aliphatic rings. The Morgan fingerprint density at radius 3 is 2.45 bits per heavy atom. The molecule has 4 nitrogen and oxygen atoms in total. The highest BCUT2D eigenvalue weighted by Gasteiger charge is 2.57. The maximum absolute atomic E-state index is 13.0. The minimum absolute atomic E-state index is 0.000995. The predicted molar refractivity (Wildman–Crippen MR) is 58.5 cm³/mol. The van der Waals surface area contributed by atoms with Gasteiger partial charge in [-0.25, -0.2) is 0 Å². The van der Waals surface area contributed by atoms with Crippen molar-refractivity contribution in [1.82, 2.24) is 14.8 Å². The molecule has 2 rings (SSSR count). The maximum atomic E-state index is 13.0. The van der Waals surface area contributed by atoms with Gasteiger partial charge in [0.15, 0.2) is 5.78 Å². The number of carbonyl (C=O) groups excluding carboxylic acids is 1. The summed E-state index contributed by atoms with van der Waals surface area (Å²) in [5, 5.41) is 3.75. The summed E-state index contributed by atoms with van der Waals surface area (Å²) in [6, 6.07) is 1.28. The quantitative estimate of drug-likeness (QED) is 0.646. The molecule has 0 fully saturated rings. The zero-order valence-corrected chi connectivity index (χ0v) is 10.1. The second-order valence-electron chi connectivity index (χ2n) is 4.19. The molecule has 9 heteroatoms. The van der Waals surface area contributed by atoms with Crippen molar-refractivity contribution in [3.8, 4) is 0 Å². The van der Waals surface area contributed by atoms with E-state index in [1.165, 1.54) is 13.0 Å². The van der Waals surface area contributed by atoms with Gasteiger partial charge in [-0.15, -0.1) is 0 Å². The first-order chi connectivity index (χ1) is 9.12. The Labute approximate surface area is 109 Å². The molecule has 0 saturated heterocycles. The Kier molecular flexibility index (Phi) is 3.23. The number of rotatable bonds is 3. The van der Waals surface area contributed by atoms with Crippen LogP contribution in [0.1, 0.15) is 17.4 Å². The fourth-order valence-corrected chi connectivity index (χ4v) is 1.57. The lowest BCUT2D eigenvalue weighted by molar-refractivity contribution is -0.287. The molecule has 0 atom stereocenters. The van der Waals surface area contributed by atoms with Gasteiger partial charge in [-0.2, -0.15) is 27.1 Å². The van der Waals surface area contributed by atoms with Gasteiger partial charge in [0.1, 0.15) is 12.2 Å². The Hall–Kier alpha value is -2.06. The van der Waals surface area contributed by atoms with E-state index in [1.54, 1.807) is 0 Å². The van der Waals surface area contributed by atoms with E-state index in [-0.39, 0.29) is 22.4 Å². The summed E-state index contributed by atoms with van der Waals surface area (Å²) in [6.45, 7) is -0.377. The number of halogens is 5. The van der Waals surface area contributed by atoms with Crippen molar-refractivity contribution >= 4 is 16.7 Å². The van der Waals surface area contributed by atoms with Crippen LogP contribution in [0.5, 0.6) is 0 Å². The first-order valence-corrected chi connectivity index (χ1v) is 5.39. The number of carbonyl (C=O) groups is 1. The molecule has 0 saturated carbocycles. The molecule has 0 aromatic carbocycles. The fraction of sp³-hybridized carbons (Fsp3) is 0.364. The fourth-order valence-electron chi connectivity index (χ4n) is 1.57. The van der Waals surface area contributed by atoms with Crippen LogP contribution in [0, 0.1) is 0 Å². The molecule has 2 aromatic rings. The summed E-state index contributed by atoms with van der Waals surface area (Å²) >= 11 is 0. The van der Waals surface area contributed by atoms with Gasteiger partial charge in [0, 0.05) is 12.3 Å². The number of hydrogen-bond acceptors (Lipinski definition) is 3. The molecule has 2 aromatic heterocycles. The van der Waals surface area contributed by atoms with Crippen LogP contribution in [0.2, 0.25) is 0 Å². The standard InChI is InChI=1S/C11H8F5N3O/c1-6(20)8-2-7-3-18-19(9(7)4-17-8)5-10(12,13)11(14,15)16/h2-4H,5H2,1H3. The third kappa shape index (κ3) is 2.47. The normalized spacial score (nSPS) is 12.9. The molecule has 108 valence electrons. The molecule has 0 amide bonds. The highest BCUT2D eigenvalue weighted by molar-refractivity contribution is 5.95. The Morgan fingerprint density at radius 1 is 1.25 bits per heavy atom. The topological polar surface area (TPSA) is 47.8 Å². The predicted octanol–water partition coefficient (Wildman–Crippen LogP) is 2.83. The summed E-state index contributed by atoms with van der Waals surface area (Å²) < 4.78 is 62.9. The Bertz CT molecular complexity index is 662. The molecule has 20 heavy (non-hydrogen) atoms. The average molecular weight is 293 g/mol. The molecule has 0 spiro atoms. The highest BCUT2D eigenvalue weighted by Crippen LogP contribution is 2.37. The summed E-state index contributed by atoms with van der Waals surface area (Å²) in [5.41, 5.74) is 0.0820. The van der Waals surface area contributed by atoms with Crippen LogP contribution in [-0.2, 0) is 6.54 Å². The lowest BCUT2D eigenvalue weighted by atomic mass is 10.2. The van der Waals surface area contributed by atoms with Crippen molar-refractivity contribution in [3.05, 3.63) is 24.2 Å².